The van der Waals surface area contributed by atoms with Crippen LogP contribution in [0.1, 0.15) is 23.1 Å². The molecule has 0 saturated carbocycles. The molecule has 21 heavy (non-hydrogen) atoms. The van der Waals surface area contributed by atoms with E-state index in [1.165, 1.54) is 5.56 Å². The molecule has 1 aromatic heterocycles. The number of hydrogen-bond acceptors (Lipinski definition) is 3. The summed E-state index contributed by atoms with van der Waals surface area (Å²) in [5, 5.41) is 1.04. The van der Waals surface area contributed by atoms with Crippen LogP contribution in [0.25, 0.3) is 11.0 Å². The lowest BCUT2D eigenvalue weighted by Gasteiger charge is -2.16. The summed E-state index contributed by atoms with van der Waals surface area (Å²) in [5.74, 6) is 0.104. The van der Waals surface area contributed by atoms with Crippen LogP contribution in [0.4, 0.5) is 0 Å². The van der Waals surface area contributed by atoms with Crippen molar-refractivity contribution in [2.45, 2.75) is 26.7 Å². The highest BCUT2D eigenvalue weighted by molar-refractivity contribution is 5.89. The first-order valence-corrected chi connectivity index (χ1v) is 7.23. The molecule has 0 aliphatic carbocycles. The quantitative estimate of drug-likeness (QED) is 0.767. The topological polar surface area (TPSA) is 42.7 Å². The van der Waals surface area contributed by atoms with Gasteiger partial charge in [0, 0.05) is 38.3 Å². The highest BCUT2D eigenvalue weighted by atomic mass is 16.5. The monoisotopic (exact) mass is 289 g/mol. The van der Waals surface area contributed by atoms with Gasteiger partial charge in [0.1, 0.15) is 5.58 Å². The van der Waals surface area contributed by atoms with Crippen LogP contribution >= 0.6 is 0 Å². The number of fused-ring (bicyclic) bond motifs is 1. The average molecular weight is 289 g/mol. The Hall–Kier alpha value is -1.81. The van der Waals surface area contributed by atoms with E-state index in [-0.39, 0.29) is 5.91 Å². The van der Waals surface area contributed by atoms with Crippen molar-refractivity contribution in [3.63, 3.8) is 0 Å². The van der Waals surface area contributed by atoms with Crippen LogP contribution in [-0.4, -0.2) is 38.1 Å². The SMILES string of the molecule is COCCCN(C)C(=O)Cc1coc2c(C)c(C)ccc12. The van der Waals surface area contributed by atoms with Crippen LogP contribution < -0.4 is 0 Å². The molecule has 1 amide bonds. The first-order valence-electron chi connectivity index (χ1n) is 7.23. The molecule has 0 atom stereocenters. The lowest BCUT2D eigenvalue weighted by atomic mass is 10.0. The highest BCUT2D eigenvalue weighted by Gasteiger charge is 2.15. The smallest absolute Gasteiger partial charge is 0.226 e. The van der Waals surface area contributed by atoms with Gasteiger partial charge in [-0.1, -0.05) is 12.1 Å². The Balaban J connectivity index is 2.09. The fourth-order valence-electron chi connectivity index (χ4n) is 2.39. The lowest BCUT2D eigenvalue weighted by molar-refractivity contribution is -0.129. The molecule has 0 aliphatic heterocycles. The lowest BCUT2D eigenvalue weighted by Crippen LogP contribution is -2.29. The van der Waals surface area contributed by atoms with E-state index in [4.69, 9.17) is 9.15 Å². The number of furan rings is 1. The Bertz CT molecular complexity index is 630. The number of ether oxygens (including phenoxy) is 1. The van der Waals surface area contributed by atoms with E-state index in [0.29, 0.717) is 19.6 Å². The van der Waals surface area contributed by atoms with Crippen LogP contribution in [0, 0.1) is 13.8 Å². The minimum absolute atomic E-state index is 0.104. The minimum atomic E-state index is 0.104. The molecule has 0 saturated heterocycles. The molecule has 0 radical (unpaired) electrons. The van der Waals surface area contributed by atoms with E-state index in [1.54, 1.807) is 18.3 Å². The maximum absolute atomic E-state index is 12.2. The van der Waals surface area contributed by atoms with Crippen molar-refractivity contribution >= 4 is 16.9 Å². The molecule has 2 rings (SSSR count). The Morgan fingerprint density at radius 2 is 2.10 bits per heavy atom. The van der Waals surface area contributed by atoms with Crippen LogP contribution in [0.5, 0.6) is 0 Å². The third-order valence-electron chi connectivity index (χ3n) is 3.95. The maximum Gasteiger partial charge on any atom is 0.226 e. The number of hydrogen-bond donors (Lipinski definition) is 0. The second-order valence-electron chi connectivity index (χ2n) is 5.48. The van der Waals surface area contributed by atoms with Crippen molar-refractivity contribution in [3.05, 3.63) is 35.1 Å². The molecule has 0 spiro atoms. The number of aryl methyl sites for hydroxylation is 2. The van der Waals surface area contributed by atoms with Gasteiger partial charge in [-0.2, -0.15) is 0 Å². The molecule has 0 unspecified atom stereocenters. The van der Waals surface area contributed by atoms with Crippen molar-refractivity contribution in [1.29, 1.82) is 0 Å². The van der Waals surface area contributed by atoms with Crippen LogP contribution in [0.2, 0.25) is 0 Å². The summed E-state index contributed by atoms with van der Waals surface area (Å²) in [4.78, 5) is 14.0. The summed E-state index contributed by atoms with van der Waals surface area (Å²) in [7, 11) is 3.50. The molecule has 114 valence electrons. The second kappa shape index (κ2) is 6.76. The highest BCUT2D eigenvalue weighted by Crippen LogP contribution is 2.26. The first kappa shape index (κ1) is 15.6. The molecular formula is C17H23NO3. The van der Waals surface area contributed by atoms with E-state index >= 15 is 0 Å². The van der Waals surface area contributed by atoms with Crippen molar-refractivity contribution in [3.8, 4) is 0 Å². The molecular weight excluding hydrogens is 266 g/mol. The number of benzene rings is 1. The zero-order valence-electron chi connectivity index (χ0n) is 13.2. The van der Waals surface area contributed by atoms with Gasteiger partial charge >= 0.3 is 0 Å². The summed E-state index contributed by atoms with van der Waals surface area (Å²) < 4.78 is 10.7. The molecule has 1 aromatic carbocycles. The number of methoxy groups -OCH3 is 1. The molecule has 0 fully saturated rings. The van der Waals surface area contributed by atoms with Gasteiger partial charge in [0.25, 0.3) is 0 Å². The minimum Gasteiger partial charge on any atom is -0.464 e. The third-order valence-corrected chi connectivity index (χ3v) is 3.95. The number of carbonyl (C=O) groups is 1. The third kappa shape index (κ3) is 3.45. The van der Waals surface area contributed by atoms with E-state index in [1.807, 2.05) is 20.0 Å². The average Bonchev–Trinajstić information content (AvgIpc) is 2.86. The normalized spacial score (nSPS) is 11.0. The summed E-state index contributed by atoms with van der Waals surface area (Å²) in [5.41, 5.74) is 4.18. The van der Waals surface area contributed by atoms with Gasteiger partial charge in [-0.25, -0.2) is 0 Å². The zero-order valence-corrected chi connectivity index (χ0v) is 13.2. The summed E-state index contributed by atoms with van der Waals surface area (Å²) in [6, 6.07) is 4.11. The molecule has 0 N–H and O–H groups in total. The van der Waals surface area contributed by atoms with Gasteiger partial charge in [-0.3, -0.25) is 4.79 Å². The Kier molecular flexibility index (Phi) is 5.02. The maximum atomic E-state index is 12.2. The van der Waals surface area contributed by atoms with Gasteiger partial charge in [0.2, 0.25) is 5.91 Å². The van der Waals surface area contributed by atoms with Crippen LogP contribution in [0.3, 0.4) is 0 Å². The van der Waals surface area contributed by atoms with Crippen molar-refractivity contribution in [2.24, 2.45) is 0 Å². The number of nitrogens with zero attached hydrogens (tertiary/aromatic N) is 1. The van der Waals surface area contributed by atoms with E-state index in [2.05, 4.69) is 13.0 Å². The molecule has 4 nitrogen and oxygen atoms in total. The predicted molar refractivity (Wildman–Crippen MR) is 83.5 cm³/mol. The summed E-state index contributed by atoms with van der Waals surface area (Å²) >= 11 is 0. The standard InChI is InChI=1S/C17H23NO3/c1-12-6-7-15-14(11-21-17(15)13(12)2)10-16(19)18(3)8-5-9-20-4/h6-7,11H,5,8-10H2,1-4H3. The Labute approximate surface area is 125 Å². The molecule has 2 aromatic rings. The Morgan fingerprint density at radius 3 is 2.81 bits per heavy atom. The van der Waals surface area contributed by atoms with Crippen LogP contribution in [0.15, 0.2) is 22.8 Å². The van der Waals surface area contributed by atoms with Crippen molar-refractivity contribution < 1.29 is 13.9 Å². The molecule has 1 heterocycles. The van der Waals surface area contributed by atoms with Gasteiger partial charge in [0.15, 0.2) is 0 Å². The first-order chi connectivity index (χ1) is 10.0. The molecule has 0 aliphatic rings. The number of amides is 1. The van der Waals surface area contributed by atoms with Gasteiger partial charge in [-0.15, -0.1) is 0 Å². The largest absolute Gasteiger partial charge is 0.464 e. The molecule has 4 heteroatoms. The van der Waals surface area contributed by atoms with E-state index in [9.17, 15) is 4.79 Å². The van der Waals surface area contributed by atoms with E-state index in [0.717, 1.165) is 28.5 Å². The van der Waals surface area contributed by atoms with E-state index < -0.39 is 0 Å². The van der Waals surface area contributed by atoms with Gasteiger partial charge in [-0.05, 0) is 31.4 Å². The van der Waals surface area contributed by atoms with Gasteiger partial charge < -0.3 is 14.1 Å². The van der Waals surface area contributed by atoms with Crippen molar-refractivity contribution in [1.82, 2.24) is 4.90 Å². The predicted octanol–water partition coefficient (Wildman–Crippen LogP) is 3.09. The summed E-state index contributed by atoms with van der Waals surface area (Å²) in [6.07, 6.45) is 2.93. The zero-order chi connectivity index (χ0) is 15.4. The number of carbonyl (C=O) groups excluding carboxylic acids is 1. The number of likely N-dealkylation sites (N-methyl/N-ethyl adjacent to an activating group) is 1. The summed E-state index contributed by atoms with van der Waals surface area (Å²) in [6.45, 7) is 5.49. The second-order valence-corrected chi connectivity index (χ2v) is 5.48. The fraction of sp³-hybridized carbons (Fsp3) is 0.471. The molecule has 0 bridgehead atoms. The van der Waals surface area contributed by atoms with Gasteiger partial charge in [0.05, 0.1) is 12.7 Å². The number of rotatable bonds is 6. The van der Waals surface area contributed by atoms with Crippen LogP contribution in [-0.2, 0) is 16.0 Å². The Morgan fingerprint density at radius 1 is 1.33 bits per heavy atom. The van der Waals surface area contributed by atoms with Crippen molar-refractivity contribution in [2.75, 3.05) is 27.3 Å². The fourth-order valence-corrected chi connectivity index (χ4v) is 2.39.